The van der Waals surface area contributed by atoms with Gasteiger partial charge in [-0.2, -0.15) is 0 Å². The fourth-order valence-electron chi connectivity index (χ4n) is 2.73. The standard InChI is InChI=1S/C15H20N2O3/c1-10-4-5-12(16)11(8-10)13(18)17-9-15(14(19)20)6-2-3-7-15/h4-5,8H,2-3,6-7,9,16H2,1H3,(H,17,18)(H,19,20). The van der Waals surface area contributed by atoms with E-state index in [1.165, 1.54) is 0 Å². The van der Waals surface area contributed by atoms with E-state index in [0.717, 1.165) is 18.4 Å². The van der Waals surface area contributed by atoms with E-state index < -0.39 is 11.4 Å². The Kier molecular flexibility index (Phi) is 3.97. The van der Waals surface area contributed by atoms with Crippen LogP contribution in [0.3, 0.4) is 0 Å². The van der Waals surface area contributed by atoms with Crippen LogP contribution in [0.2, 0.25) is 0 Å². The van der Waals surface area contributed by atoms with Gasteiger partial charge in [0.25, 0.3) is 5.91 Å². The van der Waals surface area contributed by atoms with Gasteiger partial charge in [0.05, 0.1) is 11.0 Å². The van der Waals surface area contributed by atoms with Crippen molar-refractivity contribution >= 4 is 17.6 Å². The first-order valence-corrected chi connectivity index (χ1v) is 6.82. The van der Waals surface area contributed by atoms with Gasteiger partial charge in [0.15, 0.2) is 0 Å². The van der Waals surface area contributed by atoms with Crippen LogP contribution >= 0.6 is 0 Å². The third-order valence-electron chi connectivity index (χ3n) is 4.06. The molecule has 1 aromatic rings. The monoisotopic (exact) mass is 276 g/mol. The number of benzene rings is 1. The quantitative estimate of drug-likeness (QED) is 0.733. The van der Waals surface area contributed by atoms with E-state index in [1.807, 2.05) is 13.0 Å². The molecule has 1 aliphatic rings. The molecule has 0 spiro atoms. The van der Waals surface area contributed by atoms with Crippen LogP contribution in [0, 0.1) is 12.3 Å². The van der Waals surface area contributed by atoms with Gasteiger partial charge < -0.3 is 16.2 Å². The van der Waals surface area contributed by atoms with E-state index in [-0.39, 0.29) is 12.5 Å². The normalized spacial score (nSPS) is 16.9. The highest BCUT2D eigenvalue weighted by molar-refractivity contribution is 5.99. The Balaban J connectivity index is 2.08. The number of nitrogen functional groups attached to an aromatic ring is 1. The molecular weight excluding hydrogens is 256 g/mol. The lowest BCUT2D eigenvalue weighted by atomic mass is 9.86. The first kappa shape index (κ1) is 14.4. The number of carbonyl (C=O) groups excluding carboxylic acids is 1. The lowest BCUT2D eigenvalue weighted by molar-refractivity contribution is -0.148. The number of amides is 1. The fraction of sp³-hybridized carbons (Fsp3) is 0.467. The Hall–Kier alpha value is -2.04. The molecule has 0 radical (unpaired) electrons. The Morgan fingerprint density at radius 3 is 2.60 bits per heavy atom. The lowest BCUT2D eigenvalue weighted by Gasteiger charge is -2.24. The number of hydrogen-bond acceptors (Lipinski definition) is 3. The molecule has 5 nitrogen and oxygen atoms in total. The van der Waals surface area contributed by atoms with Crippen LogP contribution in [-0.4, -0.2) is 23.5 Å². The SMILES string of the molecule is Cc1ccc(N)c(C(=O)NCC2(C(=O)O)CCCC2)c1. The number of nitrogens with one attached hydrogen (secondary N) is 1. The van der Waals surface area contributed by atoms with Crippen molar-refractivity contribution in [2.45, 2.75) is 32.6 Å². The summed E-state index contributed by atoms with van der Waals surface area (Å²) < 4.78 is 0. The molecule has 2 rings (SSSR count). The summed E-state index contributed by atoms with van der Waals surface area (Å²) in [6, 6.07) is 5.24. The van der Waals surface area contributed by atoms with Crippen molar-refractivity contribution in [3.63, 3.8) is 0 Å². The number of aliphatic carboxylic acids is 1. The highest BCUT2D eigenvalue weighted by atomic mass is 16.4. The molecule has 1 aliphatic carbocycles. The average molecular weight is 276 g/mol. The fourth-order valence-corrected chi connectivity index (χ4v) is 2.73. The van der Waals surface area contributed by atoms with Gasteiger partial charge in [0.2, 0.25) is 0 Å². The van der Waals surface area contributed by atoms with E-state index in [1.54, 1.807) is 12.1 Å². The molecule has 0 saturated heterocycles. The second kappa shape index (κ2) is 5.53. The maximum absolute atomic E-state index is 12.2. The van der Waals surface area contributed by atoms with Crippen LogP contribution < -0.4 is 11.1 Å². The predicted molar refractivity (Wildman–Crippen MR) is 76.5 cm³/mol. The maximum Gasteiger partial charge on any atom is 0.311 e. The first-order valence-electron chi connectivity index (χ1n) is 6.82. The van der Waals surface area contributed by atoms with Gasteiger partial charge in [-0.05, 0) is 31.9 Å². The lowest BCUT2D eigenvalue weighted by Crippen LogP contribution is -2.41. The third-order valence-corrected chi connectivity index (χ3v) is 4.06. The minimum Gasteiger partial charge on any atom is -0.481 e. The van der Waals surface area contributed by atoms with Crippen LogP contribution in [-0.2, 0) is 4.79 Å². The van der Waals surface area contributed by atoms with E-state index >= 15 is 0 Å². The Morgan fingerprint density at radius 1 is 1.35 bits per heavy atom. The topological polar surface area (TPSA) is 92.4 Å². The van der Waals surface area contributed by atoms with Crippen molar-refractivity contribution in [1.82, 2.24) is 5.32 Å². The van der Waals surface area contributed by atoms with Crippen LogP contribution in [0.5, 0.6) is 0 Å². The zero-order valence-electron chi connectivity index (χ0n) is 11.6. The zero-order chi connectivity index (χ0) is 14.8. The summed E-state index contributed by atoms with van der Waals surface area (Å²) in [5.41, 5.74) is 6.73. The molecule has 1 saturated carbocycles. The first-order chi connectivity index (χ1) is 9.44. The van der Waals surface area contributed by atoms with Crippen molar-refractivity contribution in [1.29, 1.82) is 0 Å². The van der Waals surface area contributed by atoms with Crippen molar-refractivity contribution in [3.8, 4) is 0 Å². The van der Waals surface area contributed by atoms with Crippen LogP contribution in [0.1, 0.15) is 41.6 Å². The highest BCUT2D eigenvalue weighted by Gasteiger charge is 2.41. The van der Waals surface area contributed by atoms with E-state index in [0.29, 0.717) is 24.1 Å². The van der Waals surface area contributed by atoms with Gasteiger partial charge in [0.1, 0.15) is 0 Å². The summed E-state index contributed by atoms with van der Waals surface area (Å²) in [6.07, 6.45) is 3.03. The number of hydrogen-bond donors (Lipinski definition) is 3. The molecule has 0 heterocycles. The van der Waals surface area contributed by atoms with Gasteiger partial charge in [-0.3, -0.25) is 9.59 Å². The second-order valence-electron chi connectivity index (χ2n) is 5.57. The summed E-state index contributed by atoms with van der Waals surface area (Å²) >= 11 is 0. The number of aryl methyl sites for hydroxylation is 1. The van der Waals surface area contributed by atoms with Crippen molar-refractivity contribution < 1.29 is 14.7 Å². The number of nitrogens with two attached hydrogens (primary N) is 1. The summed E-state index contributed by atoms with van der Waals surface area (Å²) in [5, 5.41) is 12.1. The minimum atomic E-state index is -0.826. The molecule has 1 fully saturated rings. The minimum absolute atomic E-state index is 0.161. The Morgan fingerprint density at radius 2 is 2.00 bits per heavy atom. The second-order valence-corrected chi connectivity index (χ2v) is 5.57. The van der Waals surface area contributed by atoms with Gasteiger partial charge in [-0.25, -0.2) is 0 Å². The van der Waals surface area contributed by atoms with Crippen LogP contribution in [0.4, 0.5) is 5.69 Å². The van der Waals surface area contributed by atoms with Crippen molar-refractivity contribution in [2.24, 2.45) is 5.41 Å². The molecule has 0 bridgehead atoms. The molecule has 20 heavy (non-hydrogen) atoms. The number of anilines is 1. The van der Waals surface area contributed by atoms with E-state index in [4.69, 9.17) is 5.73 Å². The summed E-state index contributed by atoms with van der Waals surface area (Å²) in [7, 11) is 0. The van der Waals surface area contributed by atoms with Crippen molar-refractivity contribution in [3.05, 3.63) is 29.3 Å². The molecule has 0 atom stereocenters. The highest BCUT2D eigenvalue weighted by Crippen LogP contribution is 2.37. The number of carboxylic acid groups (broad SMARTS) is 1. The van der Waals surface area contributed by atoms with Gasteiger partial charge in [-0.1, -0.05) is 24.5 Å². The summed E-state index contributed by atoms with van der Waals surface area (Å²) in [4.78, 5) is 23.6. The Bertz CT molecular complexity index is 534. The molecule has 0 unspecified atom stereocenters. The van der Waals surface area contributed by atoms with Gasteiger partial charge >= 0.3 is 5.97 Å². The van der Waals surface area contributed by atoms with Gasteiger partial charge in [0, 0.05) is 12.2 Å². The molecule has 5 heteroatoms. The molecule has 1 aromatic carbocycles. The number of carbonyl (C=O) groups is 2. The summed E-state index contributed by atoms with van der Waals surface area (Å²) in [5.74, 6) is -1.13. The predicted octanol–water partition coefficient (Wildman–Crippen LogP) is 1.95. The smallest absolute Gasteiger partial charge is 0.311 e. The third kappa shape index (κ3) is 2.76. The Labute approximate surface area is 118 Å². The van der Waals surface area contributed by atoms with E-state index in [2.05, 4.69) is 5.32 Å². The molecule has 1 amide bonds. The van der Waals surface area contributed by atoms with Gasteiger partial charge in [-0.15, -0.1) is 0 Å². The maximum atomic E-state index is 12.2. The largest absolute Gasteiger partial charge is 0.481 e. The van der Waals surface area contributed by atoms with Crippen LogP contribution in [0.15, 0.2) is 18.2 Å². The van der Waals surface area contributed by atoms with Crippen LogP contribution in [0.25, 0.3) is 0 Å². The average Bonchev–Trinajstić information content (AvgIpc) is 2.89. The van der Waals surface area contributed by atoms with E-state index in [9.17, 15) is 14.7 Å². The molecular formula is C15H20N2O3. The molecule has 108 valence electrons. The number of carboxylic acids is 1. The molecule has 0 aromatic heterocycles. The molecule has 0 aliphatic heterocycles. The number of rotatable bonds is 4. The van der Waals surface area contributed by atoms with Crippen molar-refractivity contribution in [2.75, 3.05) is 12.3 Å². The summed E-state index contributed by atoms with van der Waals surface area (Å²) in [6.45, 7) is 2.04. The molecule has 4 N–H and O–H groups in total. The zero-order valence-corrected chi connectivity index (χ0v) is 11.6.